The summed E-state index contributed by atoms with van der Waals surface area (Å²) in [5, 5.41) is 9.78. The molecular weight excluding hydrogens is 506 g/mol. The number of hydrogen-bond donors (Lipinski definition) is 3. The van der Waals surface area contributed by atoms with Crippen molar-refractivity contribution < 1.29 is 19.2 Å². The lowest BCUT2D eigenvalue weighted by atomic mass is 9.86. The van der Waals surface area contributed by atoms with Crippen molar-refractivity contribution in [2.75, 3.05) is 38.0 Å². The maximum atomic E-state index is 13.7. The minimum absolute atomic E-state index is 0.115. The van der Waals surface area contributed by atoms with E-state index < -0.39 is 5.54 Å². The number of pyridine rings is 1. The van der Waals surface area contributed by atoms with Gasteiger partial charge in [-0.05, 0) is 65.1 Å². The Kier molecular flexibility index (Phi) is 7.28. The van der Waals surface area contributed by atoms with Crippen LogP contribution in [-0.4, -0.2) is 93.9 Å². The predicted molar refractivity (Wildman–Crippen MR) is 145 cm³/mol. The highest BCUT2D eigenvalue weighted by Gasteiger charge is 2.54. The van der Waals surface area contributed by atoms with Crippen LogP contribution < -0.4 is 16.0 Å². The molecule has 3 N–H and O–H groups in total. The van der Waals surface area contributed by atoms with Crippen molar-refractivity contribution in [1.82, 2.24) is 30.3 Å². The summed E-state index contributed by atoms with van der Waals surface area (Å²) in [6, 6.07) is 3.05. The summed E-state index contributed by atoms with van der Waals surface area (Å²) in [6.45, 7) is 8.54. The fourth-order valence-corrected chi connectivity index (χ4v) is 6.95. The minimum Gasteiger partial charge on any atom is -0.338 e. The number of anilines is 1. The Hall–Kier alpha value is -3.25. The van der Waals surface area contributed by atoms with E-state index in [-0.39, 0.29) is 36.0 Å². The van der Waals surface area contributed by atoms with Gasteiger partial charge in [-0.15, -0.1) is 0 Å². The second kappa shape index (κ2) is 10.5. The van der Waals surface area contributed by atoms with Crippen LogP contribution in [0.15, 0.2) is 18.3 Å². The molecular formula is C26H35N7O4S. The highest BCUT2D eigenvalue weighted by molar-refractivity contribution is 7.23. The van der Waals surface area contributed by atoms with Gasteiger partial charge in [0, 0.05) is 49.8 Å². The van der Waals surface area contributed by atoms with Crippen molar-refractivity contribution in [1.29, 1.82) is 0 Å². The number of rotatable bonds is 5. The van der Waals surface area contributed by atoms with E-state index in [4.69, 9.17) is 0 Å². The lowest BCUT2D eigenvalue weighted by Crippen LogP contribution is -2.61. The number of aromatic nitrogens is 1. The molecule has 3 aliphatic heterocycles. The molecule has 0 aliphatic carbocycles. The molecule has 3 aliphatic rings. The first-order valence-corrected chi connectivity index (χ1v) is 14.2. The van der Waals surface area contributed by atoms with E-state index in [1.165, 1.54) is 16.2 Å². The van der Waals surface area contributed by atoms with Crippen LogP contribution in [0.1, 0.15) is 56.8 Å². The molecule has 204 valence electrons. The molecule has 11 nitrogen and oxygen atoms in total. The van der Waals surface area contributed by atoms with Crippen LogP contribution in [0.4, 0.5) is 14.6 Å². The van der Waals surface area contributed by atoms with Crippen molar-refractivity contribution >= 4 is 50.4 Å². The molecule has 0 bridgehead atoms. The molecule has 0 aromatic carbocycles. The van der Waals surface area contributed by atoms with E-state index in [1.54, 1.807) is 12.3 Å². The summed E-state index contributed by atoms with van der Waals surface area (Å²) in [6.07, 6.45) is 4.71. The normalized spacial score (nSPS) is 22.9. The van der Waals surface area contributed by atoms with Crippen LogP contribution in [0.2, 0.25) is 0 Å². The average Bonchev–Trinajstić information content (AvgIpc) is 3.37. The molecule has 3 saturated heterocycles. The zero-order valence-electron chi connectivity index (χ0n) is 22.1. The third-order valence-electron chi connectivity index (χ3n) is 7.74. The third kappa shape index (κ3) is 4.71. The highest BCUT2D eigenvalue weighted by atomic mass is 32.1. The maximum Gasteiger partial charge on any atom is 0.325 e. The number of carbonyl (C=O) groups is 4. The third-order valence-corrected chi connectivity index (χ3v) is 8.77. The standard InChI is InChI=1S/C26H35N7O4S/c1-4-27-24(36)29-21-19(18-7-5-11-28-20(18)38-21)22(34)31-13-8-17(9-14-31)32-12-6-10-26(15-32)23(35)33(16(2)3)25(37)30-26/h5,7,11,16-17H,4,6,8-10,12-15H2,1-3H3,(H,30,37)(H2,27,29,36). The topological polar surface area (TPSA) is 127 Å². The average molecular weight is 542 g/mol. The van der Waals surface area contributed by atoms with Gasteiger partial charge >= 0.3 is 12.1 Å². The number of likely N-dealkylation sites (tertiary alicyclic amines) is 2. The van der Waals surface area contributed by atoms with Gasteiger partial charge in [-0.3, -0.25) is 24.7 Å². The first-order chi connectivity index (χ1) is 18.2. The van der Waals surface area contributed by atoms with E-state index in [2.05, 4.69) is 25.8 Å². The summed E-state index contributed by atoms with van der Waals surface area (Å²) >= 11 is 1.30. The molecule has 0 radical (unpaired) electrons. The fraction of sp³-hybridized carbons (Fsp3) is 0.577. The number of nitrogens with one attached hydrogen (secondary N) is 3. The highest BCUT2D eigenvalue weighted by Crippen LogP contribution is 2.37. The molecule has 6 amide bonds. The number of amides is 6. The first-order valence-electron chi connectivity index (χ1n) is 13.4. The number of nitrogens with zero attached hydrogens (tertiary/aromatic N) is 4. The van der Waals surface area contributed by atoms with Gasteiger partial charge in [0.25, 0.3) is 11.8 Å². The van der Waals surface area contributed by atoms with E-state index in [1.807, 2.05) is 31.7 Å². The lowest BCUT2D eigenvalue weighted by Gasteiger charge is -2.45. The Morgan fingerprint density at radius 3 is 2.68 bits per heavy atom. The van der Waals surface area contributed by atoms with Crippen molar-refractivity contribution in [3.63, 3.8) is 0 Å². The molecule has 3 fully saturated rings. The molecule has 1 spiro atoms. The molecule has 5 heterocycles. The van der Waals surface area contributed by atoms with Gasteiger partial charge in [-0.1, -0.05) is 11.3 Å². The summed E-state index contributed by atoms with van der Waals surface area (Å²) in [4.78, 5) is 62.3. The Bertz CT molecular complexity index is 1260. The van der Waals surface area contributed by atoms with E-state index >= 15 is 0 Å². The van der Waals surface area contributed by atoms with E-state index in [0.717, 1.165) is 31.2 Å². The van der Waals surface area contributed by atoms with Crippen LogP contribution in [0.3, 0.4) is 0 Å². The predicted octanol–water partition coefficient (Wildman–Crippen LogP) is 2.84. The van der Waals surface area contributed by atoms with Gasteiger partial charge in [0.05, 0.1) is 5.56 Å². The van der Waals surface area contributed by atoms with Gasteiger partial charge in [0.1, 0.15) is 15.4 Å². The van der Waals surface area contributed by atoms with E-state index in [0.29, 0.717) is 48.0 Å². The number of piperidine rings is 2. The summed E-state index contributed by atoms with van der Waals surface area (Å²) in [5.74, 6) is -0.240. The smallest absolute Gasteiger partial charge is 0.325 e. The molecule has 0 saturated carbocycles. The fourth-order valence-electron chi connectivity index (χ4n) is 5.92. The second-order valence-corrected chi connectivity index (χ2v) is 11.5. The number of hydrogen-bond acceptors (Lipinski definition) is 7. The van der Waals surface area contributed by atoms with Gasteiger partial charge in [0.2, 0.25) is 0 Å². The minimum atomic E-state index is -0.852. The Labute approximate surface area is 225 Å². The molecule has 12 heteroatoms. The van der Waals surface area contributed by atoms with Crippen LogP contribution >= 0.6 is 11.3 Å². The molecule has 5 rings (SSSR count). The zero-order chi connectivity index (χ0) is 27.0. The summed E-state index contributed by atoms with van der Waals surface area (Å²) < 4.78 is 0. The van der Waals surface area contributed by atoms with Crippen LogP contribution in [-0.2, 0) is 4.79 Å². The van der Waals surface area contributed by atoms with Crippen molar-refractivity contribution in [3.05, 3.63) is 23.9 Å². The summed E-state index contributed by atoms with van der Waals surface area (Å²) in [7, 11) is 0. The number of urea groups is 2. The van der Waals surface area contributed by atoms with Crippen molar-refractivity contribution in [2.45, 2.75) is 64.1 Å². The van der Waals surface area contributed by atoms with Gasteiger partial charge < -0.3 is 15.5 Å². The Balaban J connectivity index is 1.28. The monoisotopic (exact) mass is 541 g/mol. The molecule has 2 aromatic rings. The van der Waals surface area contributed by atoms with Crippen molar-refractivity contribution in [2.24, 2.45) is 0 Å². The molecule has 1 unspecified atom stereocenters. The van der Waals surface area contributed by atoms with Gasteiger partial charge in [-0.25, -0.2) is 14.6 Å². The Morgan fingerprint density at radius 2 is 2.00 bits per heavy atom. The van der Waals surface area contributed by atoms with Crippen LogP contribution in [0, 0.1) is 0 Å². The molecule has 38 heavy (non-hydrogen) atoms. The number of thiophene rings is 1. The number of fused-ring (bicyclic) bond motifs is 1. The SMILES string of the molecule is CCNC(=O)Nc1sc2ncccc2c1C(=O)N1CCC(N2CCCC3(C2)NC(=O)N(C(C)C)C3=O)CC1. The number of carbonyl (C=O) groups excluding carboxylic acids is 4. The number of imide groups is 1. The molecule has 1 atom stereocenters. The zero-order valence-corrected chi connectivity index (χ0v) is 22.9. The second-order valence-electron chi connectivity index (χ2n) is 10.5. The Morgan fingerprint density at radius 1 is 1.24 bits per heavy atom. The van der Waals surface area contributed by atoms with Crippen molar-refractivity contribution in [3.8, 4) is 0 Å². The quantitative estimate of drug-likeness (QED) is 0.500. The van der Waals surface area contributed by atoms with Gasteiger partial charge in [0.15, 0.2) is 0 Å². The maximum absolute atomic E-state index is 13.7. The first kappa shape index (κ1) is 26.4. The van der Waals surface area contributed by atoms with Gasteiger partial charge in [-0.2, -0.15) is 0 Å². The van der Waals surface area contributed by atoms with Crippen LogP contribution in [0.5, 0.6) is 0 Å². The molecule has 2 aromatic heterocycles. The lowest BCUT2D eigenvalue weighted by molar-refractivity contribution is -0.134. The summed E-state index contributed by atoms with van der Waals surface area (Å²) in [5.41, 5.74) is -0.373. The van der Waals surface area contributed by atoms with E-state index in [9.17, 15) is 19.2 Å². The van der Waals surface area contributed by atoms with Crippen LogP contribution in [0.25, 0.3) is 10.2 Å². The largest absolute Gasteiger partial charge is 0.338 e.